The number of nitrogens with one attached hydrogen (secondary N) is 2. The molecule has 0 spiro atoms. The zero-order valence-electron chi connectivity index (χ0n) is 16.1. The van der Waals surface area contributed by atoms with Gasteiger partial charge in [0, 0.05) is 11.3 Å². The minimum absolute atomic E-state index is 0.124. The van der Waals surface area contributed by atoms with E-state index in [0.717, 1.165) is 28.3 Å². The van der Waals surface area contributed by atoms with Crippen molar-refractivity contribution in [1.82, 2.24) is 20.3 Å². The number of carbonyl (C=O) groups is 1. The van der Waals surface area contributed by atoms with Gasteiger partial charge in [0.15, 0.2) is 11.5 Å². The van der Waals surface area contributed by atoms with E-state index < -0.39 is 0 Å². The van der Waals surface area contributed by atoms with Crippen LogP contribution in [-0.2, 0) is 6.54 Å². The Labute approximate surface area is 176 Å². The summed E-state index contributed by atoms with van der Waals surface area (Å²) < 4.78 is 10.9. The lowest BCUT2D eigenvalue weighted by Gasteiger charge is -2.04. The monoisotopic (exact) mass is 418 g/mol. The summed E-state index contributed by atoms with van der Waals surface area (Å²) in [7, 11) is 0. The van der Waals surface area contributed by atoms with E-state index in [4.69, 9.17) is 14.5 Å². The molecule has 30 heavy (non-hydrogen) atoms. The first kappa shape index (κ1) is 18.4. The van der Waals surface area contributed by atoms with Crippen LogP contribution in [0.15, 0.2) is 53.9 Å². The molecule has 3 aromatic heterocycles. The van der Waals surface area contributed by atoms with Crippen LogP contribution in [0.2, 0.25) is 0 Å². The Hall–Kier alpha value is -3.65. The zero-order chi connectivity index (χ0) is 20.5. The smallest absolute Gasteiger partial charge is 0.261 e. The third kappa shape index (κ3) is 3.53. The van der Waals surface area contributed by atoms with Crippen molar-refractivity contribution in [3.63, 3.8) is 0 Å². The number of benzene rings is 1. The highest BCUT2D eigenvalue weighted by Crippen LogP contribution is 2.38. The molecule has 0 saturated carbocycles. The average molecular weight is 418 g/mol. The van der Waals surface area contributed by atoms with Crippen molar-refractivity contribution in [1.29, 1.82) is 0 Å². The van der Waals surface area contributed by atoms with Crippen LogP contribution in [-0.4, -0.2) is 27.7 Å². The van der Waals surface area contributed by atoms with E-state index in [2.05, 4.69) is 15.3 Å². The van der Waals surface area contributed by atoms with Gasteiger partial charge in [-0.25, -0.2) is 4.98 Å². The second-order valence-electron chi connectivity index (χ2n) is 6.80. The highest BCUT2D eigenvalue weighted by molar-refractivity contribution is 7.12. The number of hydrogen-bond donors (Lipinski definition) is 2. The SMILES string of the molecule is Cc1cccc(-c2[nH]c(CNC(=O)c3cccs3)nc2-c2ccc3c(c2)OCO3)n1. The van der Waals surface area contributed by atoms with E-state index in [1.165, 1.54) is 11.3 Å². The predicted octanol–water partition coefficient (Wildman–Crippen LogP) is 4.17. The van der Waals surface area contributed by atoms with Crippen molar-refractivity contribution >= 4 is 17.2 Å². The van der Waals surface area contributed by atoms with Crippen molar-refractivity contribution in [2.24, 2.45) is 0 Å². The van der Waals surface area contributed by atoms with E-state index >= 15 is 0 Å². The van der Waals surface area contributed by atoms with Crippen LogP contribution < -0.4 is 14.8 Å². The number of nitrogens with zero attached hydrogens (tertiary/aromatic N) is 2. The number of aromatic nitrogens is 3. The van der Waals surface area contributed by atoms with Gasteiger partial charge in [-0.15, -0.1) is 11.3 Å². The fraction of sp³-hybridized carbons (Fsp3) is 0.136. The Kier molecular flexibility index (Phi) is 4.68. The van der Waals surface area contributed by atoms with E-state index in [9.17, 15) is 4.79 Å². The molecule has 1 aromatic carbocycles. The number of ether oxygens (including phenoxy) is 2. The number of hydrogen-bond acceptors (Lipinski definition) is 6. The number of rotatable bonds is 5. The third-order valence-corrected chi connectivity index (χ3v) is 5.57. The summed E-state index contributed by atoms with van der Waals surface area (Å²) in [6.45, 7) is 2.44. The van der Waals surface area contributed by atoms with Crippen LogP contribution >= 0.6 is 11.3 Å². The molecular formula is C22H18N4O3S. The number of H-pyrrole nitrogens is 1. The Morgan fingerprint density at radius 1 is 1.13 bits per heavy atom. The van der Waals surface area contributed by atoms with Crippen molar-refractivity contribution < 1.29 is 14.3 Å². The maximum Gasteiger partial charge on any atom is 0.261 e. The number of aromatic amines is 1. The number of imidazole rings is 1. The summed E-state index contributed by atoms with van der Waals surface area (Å²) in [5.41, 5.74) is 4.10. The lowest BCUT2D eigenvalue weighted by molar-refractivity contribution is 0.0954. The van der Waals surface area contributed by atoms with Crippen LogP contribution in [0.4, 0.5) is 0 Å². The molecule has 7 nitrogen and oxygen atoms in total. The van der Waals surface area contributed by atoms with Gasteiger partial charge in [-0.05, 0) is 48.7 Å². The van der Waals surface area contributed by atoms with Gasteiger partial charge in [0.05, 0.1) is 28.5 Å². The molecule has 1 aliphatic heterocycles. The number of carbonyl (C=O) groups excluding carboxylic acids is 1. The van der Waals surface area contributed by atoms with Gasteiger partial charge in [0.2, 0.25) is 6.79 Å². The van der Waals surface area contributed by atoms with Crippen LogP contribution in [0, 0.1) is 6.92 Å². The van der Waals surface area contributed by atoms with Gasteiger partial charge in [-0.3, -0.25) is 9.78 Å². The molecule has 0 atom stereocenters. The maximum absolute atomic E-state index is 12.3. The van der Waals surface area contributed by atoms with Crippen molar-refractivity contribution in [2.75, 3.05) is 6.79 Å². The van der Waals surface area contributed by atoms with Gasteiger partial charge < -0.3 is 19.8 Å². The van der Waals surface area contributed by atoms with Crippen molar-refractivity contribution in [3.05, 3.63) is 70.3 Å². The largest absolute Gasteiger partial charge is 0.454 e. The highest BCUT2D eigenvalue weighted by atomic mass is 32.1. The number of pyridine rings is 1. The van der Waals surface area contributed by atoms with Crippen LogP contribution in [0.25, 0.3) is 22.6 Å². The minimum Gasteiger partial charge on any atom is -0.454 e. The molecule has 5 rings (SSSR count). The molecule has 0 bridgehead atoms. The molecule has 0 radical (unpaired) electrons. The standard InChI is InChI=1S/C22H18N4O3S/c1-13-4-2-5-15(24-13)21-20(14-7-8-16-17(10-14)29-12-28-16)25-19(26-21)11-23-22(27)18-6-3-9-30-18/h2-10H,11-12H2,1H3,(H,23,27)(H,25,26). The molecule has 0 saturated heterocycles. The Morgan fingerprint density at radius 3 is 2.87 bits per heavy atom. The van der Waals surface area contributed by atoms with E-state index in [1.54, 1.807) is 6.07 Å². The first-order valence-electron chi connectivity index (χ1n) is 9.42. The number of thiophene rings is 1. The summed E-state index contributed by atoms with van der Waals surface area (Å²) in [4.78, 5) is 25.7. The molecule has 0 aliphatic carbocycles. The van der Waals surface area contributed by atoms with Gasteiger partial charge in [0.1, 0.15) is 5.82 Å². The lowest BCUT2D eigenvalue weighted by atomic mass is 10.1. The van der Waals surface area contributed by atoms with E-state index in [0.29, 0.717) is 22.2 Å². The minimum atomic E-state index is -0.124. The molecule has 0 fully saturated rings. The highest BCUT2D eigenvalue weighted by Gasteiger charge is 2.20. The summed E-state index contributed by atoms with van der Waals surface area (Å²) in [5, 5.41) is 4.79. The molecule has 8 heteroatoms. The second-order valence-corrected chi connectivity index (χ2v) is 7.75. The molecule has 1 aliphatic rings. The molecule has 1 amide bonds. The molecule has 4 aromatic rings. The Balaban J connectivity index is 1.50. The average Bonchev–Trinajstić information content (AvgIpc) is 3.52. The lowest BCUT2D eigenvalue weighted by Crippen LogP contribution is -2.22. The molecule has 150 valence electrons. The molecular weight excluding hydrogens is 400 g/mol. The summed E-state index contributed by atoms with van der Waals surface area (Å²) >= 11 is 1.40. The van der Waals surface area contributed by atoms with E-state index in [-0.39, 0.29) is 19.2 Å². The molecule has 4 heterocycles. The van der Waals surface area contributed by atoms with E-state index in [1.807, 2.05) is 54.8 Å². The van der Waals surface area contributed by atoms with Crippen LogP contribution in [0.5, 0.6) is 11.5 Å². The van der Waals surface area contributed by atoms with Gasteiger partial charge in [0.25, 0.3) is 5.91 Å². The maximum atomic E-state index is 12.3. The number of amides is 1. The van der Waals surface area contributed by atoms with Gasteiger partial charge in [-0.1, -0.05) is 12.1 Å². The van der Waals surface area contributed by atoms with Crippen LogP contribution in [0.3, 0.4) is 0 Å². The fourth-order valence-electron chi connectivity index (χ4n) is 3.29. The predicted molar refractivity (Wildman–Crippen MR) is 114 cm³/mol. The first-order valence-corrected chi connectivity index (χ1v) is 10.3. The number of fused-ring (bicyclic) bond motifs is 1. The van der Waals surface area contributed by atoms with Gasteiger partial charge in [-0.2, -0.15) is 0 Å². The van der Waals surface area contributed by atoms with Gasteiger partial charge >= 0.3 is 0 Å². The molecule has 2 N–H and O–H groups in total. The quantitative estimate of drug-likeness (QED) is 0.508. The summed E-state index contributed by atoms with van der Waals surface area (Å²) in [6, 6.07) is 15.2. The summed E-state index contributed by atoms with van der Waals surface area (Å²) in [6.07, 6.45) is 0. The first-order chi connectivity index (χ1) is 14.7. The molecule has 0 unspecified atom stereocenters. The fourth-order valence-corrected chi connectivity index (χ4v) is 3.93. The topological polar surface area (TPSA) is 89.1 Å². The second kappa shape index (κ2) is 7.64. The number of aryl methyl sites for hydroxylation is 1. The summed E-state index contributed by atoms with van der Waals surface area (Å²) in [5.74, 6) is 1.92. The normalized spacial score (nSPS) is 12.2. The Bertz CT molecular complexity index is 1220. The third-order valence-electron chi connectivity index (χ3n) is 4.70. The van der Waals surface area contributed by atoms with Crippen molar-refractivity contribution in [2.45, 2.75) is 13.5 Å². The van der Waals surface area contributed by atoms with Crippen LogP contribution in [0.1, 0.15) is 21.2 Å². The zero-order valence-corrected chi connectivity index (χ0v) is 17.0. The Morgan fingerprint density at radius 2 is 2.03 bits per heavy atom. The van der Waals surface area contributed by atoms with Crippen molar-refractivity contribution in [3.8, 4) is 34.1 Å².